The van der Waals surface area contributed by atoms with Crippen molar-refractivity contribution in [3.8, 4) is 0 Å². The minimum atomic E-state index is -4.44. The molecule has 0 aliphatic heterocycles. The molecule has 22 heavy (non-hydrogen) atoms. The molecule has 0 spiro atoms. The van der Waals surface area contributed by atoms with Crippen LogP contribution in [0.2, 0.25) is 0 Å². The fourth-order valence-electron chi connectivity index (χ4n) is 3.42. The zero-order valence-corrected chi connectivity index (χ0v) is 13.4. The Labute approximate surface area is 127 Å². The molecule has 0 bridgehead atoms. The first-order chi connectivity index (χ1) is 9.79. The number of hydrogen-bond donors (Lipinski definition) is 0. The van der Waals surface area contributed by atoms with E-state index in [1.54, 1.807) is 0 Å². The number of alkyl halides is 3. The van der Waals surface area contributed by atoms with Crippen molar-refractivity contribution in [3.05, 3.63) is 11.1 Å². The van der Waals surface area contributed by atoms with Gasteiger partial charge in [-0.2, -0.15) is 13.2 Å². The molecule has 1 atom stereocenters. The topological polar surface area (TPSA) is 43.4 Å². The van der Waals surface area contributed by atoms with E-state index in [1.165, 1.54) is 6.92 Å². The lowest BCUT2D eigenvalue weighted by atomic mass is 10.0. The van der Waals surface area contributed by atoms with Crippen LogP contribution in [0.25, 0.3) is 0 Å². The van der Waals surface area contributed by atoms with Gasteiger partial charge in [0.15, 0.2) is 5.78 Å². The zero-order valence-electron chi connectivity index (χ0n) is 13.4. The van der Waals surface area contributed by atoms with Crippen LogP contribution >= 0.6 is 0 Å². The summed E-state index contributed by atoms with van der Waals surface area (Å²) >= 11 is 0. The lowest BCUT2D eigenvalue weighted by Crippen LogP contribution is -2.21. The van der Waals surface area contributed by atoms with E-state index in [1.807, 2.05) is 27.7 Å². The Kier molecular flexibility index (Phi) is 3.74. The lowest BCUT2D eigenvalue weighted by molar-refractivity contribution is -0.150. The molecule has 2 aliphatic rings. The number of rotatable bonds is 3. The molecule has 6 heteroatoms. The molecule has 0 heterocycles. The number of esters is 1. The first-order valence-corrected chi connectivity index (χ1v) is 7.29. The Morgan fingerprint density at radius 2 is 1.73 bits per heavy atom. The molecule has 0 unspecified atom stereocenters. The average Bonchev–Trinajstić information content (AvgIpc) is 2.59. The highest BCUT2D eigenvalue weighted by Crippen LogP contribution is 2.68. The third-order valence-corrected chi connectivity index (χ3v) is 5.56. The monoisotopic (exact) mass is 318 g/mol. The van der Waals surface area contributed by atoms with E-state index >= 15 is 0 Å². The third kappa shape index (κ3) is 2.68. The van der Waals surface area contributed by atoms with E-state index in [2.05, 4.69) is 0 Å². The standard InChI is InChI=1S/C16H21F3O3/c1-8-9(7-16(17,18)19)10(20)6-11(8)22-13(21)12-14(2,3)15(12,4)5/h11-12H,6-7H2,1-5H3/t11-/m1/s1. The van der Waals surface area contributed by atoms with Crippen molar-refractivity contribution < 1.29 is 27.5 Å². The van der Waals surface area contributed by atoms with Gasteiger partial charge >= 0.3 is 12.1 Å². The highest BCUT2D eigenvalue weighted by molar-refractivity contribution is 6.00. The molecule has 1 saturated carbocycles. The number of ether oxygens (including phenoxy) is 1. The number of Topliss-reactive ketones (excluding diaryl/α,β-unsaturated/α-hetero) is 1. The van der Waals surface area contributed by atoms with Crippen molar-refractivity contribution in [1.82, 2.24) is 0 Å². The Hall–Kier alpha value is -1.33. The van der Waals surface area contributed by atoms with Gasteiger partial charge in [-0.25, -0.2) is 0 Å². The largest absolute Gasteiger partial charge is 0.457 e. The molecule has 3 nitrogen and oxygen atoms in total. The summed E-state index contributed by atoms with van der Waals surface area (Å²) in [5.41, 5.74) is -0.454. The average molecular weight is 318 g/mol. The van der Waals surface area contributed by atoms with Crippen LogP contribution in [0.1, 0.15) is 47.5 Å². The highest BCUT2D eigenvalue weighted by Gasteiger charge is 2.69. The van der Waals surface area contributed by atoms with E-state index in [-0.39, 0.29) is 34.3 Å². The van der Waals surface area contributed by atoms with Crippen molar-refractivity contribution >= 4 is 11.8 Å². The summed E-state index contributed by atoms with van der Waals surface area (Å²) in [7, 11) is 0. The Morgan fingerprint density at radius 3 is 2.14 bits per heavy atom. The SMILES string of the molecule is CC1=C(CC(F)(F)F)C(=O)C[C@H]1OC(=O)C1C(C)(C)C1(C)C. The molecule has 0 aromatic carbocycles. The first kappa shape index (κ1) is 17.0. The van der Waals surface area contributed by atoms with Crippen LogP contribution in [0.5, 0.6) is 0 Å². The molecule has 2 rings (SSSR count). The van der Waals surface area contributed by atoms with Crippen LogP contribution in [0, 0.1) is 16.7 Å². The van der Waals surface area contributed by atoms with Gasteiger partial charge in [0.25, 0.3) is 0 Å². The van der Waals surface area contributed by atoms with Crippen LogP contribution in [-0.4, -0.2) is 24.0 Å². The lowest BCUT2D eigenvalue weighted by Gasteiger charge is -2.14. The Morgan fingerprint density at radius 1 is 1.23 bits per heavy atom. The maximum atomic E-state index is 12.5. The van der Waals surface area contributed by atoms with Gasteiger partial charge in [-0.05, 0) is 23.3 Å². The van der Waals surface area contributed by atoms with Gasteiger partial charge in [0, 0.05) is 5.57 Å². The predicted octanol–water partition coefficient (Wildman–Crippen LogP) is 3.82. The fourth-order valence-corrected chi connectivity index (χ4v) is 3.42. The van der Waals surface area contributed by atoms with Crippen molar-refractivity contribution in [2.45, 2.75) is 59.7 Å². The van der Waals surface area contributed by atoms with Crippen LogP contribution in [0.4, 0.5) is 13.2 Å². The van der Waals surface area contributed by atoms with Crippen LogP contribution < -0.4 is 0 Å². The molecular formula is C16H21F3O3. The van der Waals surface area contributed by atoms with E-state index in [0.29, 0.717) is 0 Å². The molecule has 1 fully saturated rings. The second-order valence-corrected chi connectivity index (χ2v) is 7.38. The summed E-state index contributed by atoms with van der Waals surface area (Å²) in [6.45, 7) is 9.26. The van der Waals surface area contributed by atoms with E-state index in [4.69, 9.17) is 4.74 Å². The molecule has 124 valence electrons. The van der Waals surface area contributed by atoms with Gasteiger partial charge in [0.05, 0.1) is 18.8 Å². The van der Waals surface area contributed by atoms with Crippen molar-refractivity contribution in [1.29, 1.82) is 0 Å². The van der Waals surface area contributed by atoms with Crippen molar-refractivity contribution in [2.75, 3.05) is 0 Å². The summed E-state index contributed by atoms with van der Waals surface area (Å²) in [4.78, 5) is 24.0. The number of carbonyl (C=O) groups excluding carboxylic acids is 2. The molecule has 2 aliphatic carbocycles. The smallest absolute Gasteiger partial charge is 0.393 e. The second kappa shape index (κ2) is 4.83. The quantitative estimate of drug-likeness (QED) is 0.743. The zero-order chi connectivity index (χ0) is 17.1. The number of allylic oxidation sites excluding steroid dienone is 1. The first-order valence-electron chi connectivity index (χ1n) is 7.29. The Balaban J connectivity index is 2.09. The fraction of sp³-hybridized carbons (Fsp3) is 0.750. The maximum Gasteiger partial charge on any atom is 0.393 e. The summed E-state index contributed by atoms with van der Waals surface area (Å²) < 4.78 is 42.8. The van der Waals surface area contributed by atoms with Crippen LogP contribution in [-0.2, 0) is 14.3 Å². The number of ketones is 1. The van der Waals surface area contributed by atoms with Gasteiger partial charge in [0.2, 0.25) is 0 Å². The van der Waals surface area contributed by atoms with Crippen LogP contribution in [0.3, 0.4) is 0 Å². The van der Waals surface area contributed by atoms with Gasteiger partial charge in [0.1, 0.15) is 6.10 Å². The van der Waals surface area contributed by atoms with Crippen LogP contribution in [0.15, 0.2) is 11.1 Å². The van der Waals surface area contributed by atoms with Gasteiger partial charge < -0.3 is 4.74 Å². The molecule has 0 N–H and O–H groups in total. The molecule has 0 aromatic heterocycles. The van der Waals surface area contributed by atoms with Gasteiger partial charge in [-0.3, -0.25) is 9.59 Å². The molecular weight excluding hydrogens is 297 g/mol. The van der Waals surface area contributed by atoms with Crippen molar-refractivity contribution in [2.24, 2.45) is 16.7 Å². The molecule has 0 saturated heterocycles. The minimum Gasteiger partial charge on any atom is -0.457 e. The summed E-state index contributed by atoms with van der Waals surface area (Å²) in [6.07, 6.45) is -6.74. The second-order valence-electron chi connectivity index (χ2n) is 7.38. The number of hydrogen-bond acceptors (Lipinski definition) is 3. The summed E-state index contributed by atoms with van der Waals surface area (Å²) in [5.74, 6) is -1.31. The highest BCUT2D eigenvalue weighted by atomic mass is 19.4. The van der Waals surface area contributed by atoms with Gasteiger partial charge in [-0.15, -0.1) is 0 Å². The van der Waals surface area contributed by atoms with E-state index < -0.39 is 30.5 Å². The molecule has 0 aromatic rings. The minimum absolute atomic E-state index is 0.184. The predicted molar refractivity (Wildman–Crippen MR) is 73.9 cm³/mol. The van der Waals surface area contributed by atoms with E-state index in [0.717, 1.165) is 0 Å². The third-order valence-electron chi connectivity index (χ3n) is 5.56. The molecule has 0 amide bonds. The number of halogens is 3. The molecule has 0 radical (unpaired) electrons. The number of carbonyl (C=O) groups is 2. The normalized spacial score (nSPS) is 27.3. The maximum absolute atomic E-state index is 12.5. The van der Waals surface area contributed by atoms with Gasteiger partial charge in [-0.1, -0.05) is 27.7 Å². The summed E-state index contributed by atoms with van der Waals surface area (Å²) in [5, 5.41) is 0. The Bertz CT molecular complexity index is 541. The van der Waals surface area contributed by atoms with E-state index in [9.17, 15) is 22.8 Å². The van der Waals surface area contributed by atoms with Crippen molar-refractivity contribution in [3.63, 3.8) is 0 Å². The summed E-state index contributed by atoms with van der Waals surface area (Å²) in [6, 6.07) is 0.